The maximum absolute atomic E-state index is 10.3. The molecule has 4 nitrogen and oxygen atoms in total. The monoisotopic (exact) mass is 358 g/mol. The van der Waals surface area contributed by atoms with E-state index >= 15 is 0 Å². The molecule has 1 aromatic rings. The SMILES string of the molecule is CCCC(O)C(O)C(N)(N)CC(CSC)SCc1ccccc1. The van der Waals surface area contributed by atoms with Crippen LogP contribution in [0.3, 0.4) is 0 Å². The Morgan fingerprint density at radius 3 is 2.39 bits per heavy atom. The minimum Gasteiger partial charge on any atom is -0.390 e. The van der Waals surface area contributed by atoms with Gasteiger partial charge < -0.3 is 21.7 Å². The number of benzene rings is 1. The molecule has 0 aliphatic rings. The lowest BCUT2D eigenvalue weighted by molar-refractivity contribution is -0.0337. The minimum atomic E-state index is -1.28. The Labute approximate surface area is 148 Å². The van der Waals surface area contributed by atoms with Crippen molar-refractivity contribution < 1.29 is 10.2 Å². The second-order valence-corrected chi connectivity index (χ2v) is 8.19. The van der Waals surface area contributed by atoms with E-state index in [2.05, 4.69) is 12.1 Å². The highest BCUT2D eigenvalue weighted by atomic mass is 32.2. The van der Waals surface area contributed by atoms with Crippen molar-refractivity contribution in [3.63, 3.8) is 0 Å². The molecular formula is C17H30N2O2S2. The molecule has 1 rings (SSSR count). The molecule has 0 radical (unpaired) electrons. The normalized spacial score (nSPS) is 16.1. The lowest BCUT2D eigenvalue weighted by Gasteiger charge is -2.35. The number of aliphatic hydroxyl groups is 2. The van der Waals surface area contributed by atoms with Crippen molar-refractivity contribution in [1.29, 1.82) is 0 Å². The number of thioether (sulfide) groups is 2. The predicted molar refractivity (Wildman–Crippen MR) is 103 cm³/mol. The molecule has 0 fully saturated rings. The summed E-state index contributed by atoms with van der Waals surface area (Å²) < 4.78 is 0. The number of hydrogen-bond donors (Lipinski definition) is 4. The molecule has 6 N–H and O–H groups in total. The molecule has 1 aromatic carbocycles. The Morgan fingerprint density at radius 2 is 1.83 bits per heavy atom. The van der Waals surface area contributed by atoms with Crippen LogP contribution in [0.1, 0.15) is 31.7 Å². The highest BCUT2D eigenvalue weighted by Crippen LogP contribution is 2.27. The van der Waals surface area contributed by atoms with Crippen LogP contribution in [-0.2, 0) is 5.75 Å². The molecule has 6 heteroatoms. The zero-order valence-electron chi connectivity index (χ0n) is 14.0. The molecule has 0 aliphatic heterocycles. The van der Waals surface area contributed by atoms with Crippen molar-refractivity contribution in [2.24, 2.45) is 11.5 Å². The molecule has 0 bridgehead atoms. The molecule has 0 amide bonds. The van der Waals surface area contributed by atoms with Gasteiger partial charge in [0, 0.05) is 16.8 Å². The van der Waals surface area contributed by atoms with Crippen LogP contribution in [-0.4, -0.2) is 45.3 Å². The van der Waals surface area contributed by atoms with Gasteiger partial charge in [0.05, 0.1) is 11.8 Å². The zero-order chi connectivity index (χ0) is 17.3. The van der Waals surface area contributed by atoms with Crippen LogP contribution in [0.4, 0.5) is 0 Å². The fraction of sp³-hybridized carbons (Fsp3) is 0.647. The lowest BCUT2D eigenvalue weighted by atomic mass is 9.93. The molecular weight excluding hydrogens is 328 g/mol. The molecule has 132 valence electrons. The van der Waals surface area contributed by atoms with Crippen molar-refractivity contribution in [2.45, 2.75) is 55.1 Å². The average molecular weight is 359 g/mol. The molecule has 3 atom stereocenters. The summed E-state index contributed by atoms with van der Waals surface area (Å²) >= 11 is 3.53. The first-order valence-corrected chi connectivity index (χ1v) is 10.4. The Morgan fingerprint density at radius 1 is 1.17 bits per heavy atom. The van der Waals surface area contributed by atoms with Crippen LogP contribution in [0.15, 0.2) is 30.3 Å². The maximum atomic E-state index is 10.3. The molecule has 0 aliphatic carbocycles. The third kappa shape index (κ3) is 7.45. The van der Waals surface area contributed by atoms with Crippen LogP contribution in [0, 0.1) is 0 Å². The first-order valence-electron chi connectivity index (χ1n) is 7.99. The maximum Gasteiger partial charge on any atom is 0.111 e. The summed E-state index contributed by atoms with van der Waals surface area (Å²) in [7, 11) is 0. The Bertz CT molecular complexity index is 432. The van der Waals surface area contributed by atoms with Crippen molar-refractivity contribution in [1.82, 2.24) is 0 Å². The third-order valence-corrected chi connectivity index (χ3v) is 6.01. The summed E-state index contributed by atoms with van der Waals surface area (Å²) in [4.78, 5) is 0. The quantitative estimate of drug-likeness (QED) is 0.453. The fourth-order valence-corrected chi connectivity index (χ4v) is 4.78. The lowest BCUT2D eigenvalue weighted by Crippen LogP contribution is -2.63. The van der Waals surface area contributed by atoms with Gasteiger partial charge in [0.1, 0.15) is 6.10 Å². The van der Waals surface area contributed by atoms with Crippen molar-refractivity contribution in [3.05, 3.63) is 35.9 Å². The van der Waals surface area contributed by atoms with E-state index in [1.54, 1.807) is 23.5 Å². The summed E-state index contributed by atoms with van der Waals surface area (Å²) in [6.45, 7) is 1.96. The minimum absolute atomic E-state index is 0.226. The number of rotatable bonds is 11. The molecule has 0 heterocycles. The summed E-state index contributed by atoms with van der Waals surface area (Å²) in [6, 6.07) is 10.3. The van der Waals surface area contributed by atoms with Crippen molar-refractivity contribution in [2.75, 3.05) is 12.0 Å². The Kier molecular flexibility index (Phi) is 9.58. The number of hydrogen-bond acceptors (Lipinski definition) is 6. The number of nitrogens with two attached hydrogens (primary N) is 2. The zero-order valence-corrected chi connectivity index (χ0v) is 15.7. The van der Waals surface area contributed by atoms with E-state index < -0.39 is 17.9 Å². The first kappa shape index (κ1) is 20.8. The van der Waals surface area contributed by atoms with Gasteiger partial charge in [0.15, 0.2) is 0 Å². The fourth-order valence-electron chi connectivity index (χ4n) is 2.47. The van der Waals surface area contributed by atoms with Gasteiger partial charge in [-0.25, -0.2) is 0 Å². The molecule has 3 unspecified atom stereocenters. The van der Waals surface area contributed by atoms with Gasteiger partial charge in [0.2, 0.25) is 0 Å². The smallest absolute Gasteiger partial charge is 0.111 e. The average Bonchev–Trinajstić information content (AvgIpc) is 2.53. The highest BCUT2D eigenvalue weighted by molar-refractivity contribution is 8.02. The summed E-state index contributed by atoms with van der Waals surface area (Å²) in [6.07, 6.45) is 1.82. The Hall–Kier alpha value is -0.240. The third-order valence-electron chi connectivity index (χ3n) is 3.76. The standard InChI is InChI=1S/C17H30N2O2S2/c1-3-7-15(20)16(21)17(18,19)10-14(12-22-2)23-11-13-8-5-4-6-9-13/h4-6,8-9,14-16,20-21H,3,7,10-12,18-19H2,1-2H3. The second-order valence-electron chi connectivity index (χ2n) is 5.99. The summed E-state index contributed by atoms with van der Waals surface area (Å²) in [5.74, 6) is 1.79. The van der Waals surface area contributed by atoms with Crippen LogP contribution in [0.5, 0.6) is 0 Å². The predicted octanol–water partition coefficient (Wildman–Crippen LogP) is 2.18. The van der Waals surface area contributed by atoms with E-state index in [1.165, 1.54) is 5.56 Å². The molecule has 0 saturated heterocycles. The second kappa shape index (κ2) is 10.6. The number of aliphatic hydroxyl groups excluding tert-OH is 2. The van der Waals surface area contributed by atoms with Gasteiger partial charge in [0.25, 0.3) is 0 Å². The van der Waals surface area contributed by atoms with Crippen LogP contribution < -0.4 is 11.5 Å². The van der Waals surface area contributed by atoms with E-state index in [1.807, 2.05) is 31.4 Å². The van der Waals surface area contributed by atoms with Crippen molar-refractivity contribution >= 4 is 23.5 Å². The van der Waals surface area contributed by atoms with Gasteiger partial charge in [-0.05, 0) is 24.7 Å². The van der Waals surface area contributed by atoms with Crippen LogP contribution in [0.25, 0.3) is 0 Å². The molecule has 23 heavy (non-hydrogen) atoms. The van der Waals surface area contributed by atoms with E-state index in [9.17, 15) is 10.2 Å². The molecule has 0 aromatic heterocycles. The van der Waals surface area contributed by atoms with Gasteiger partial charge in [-0.3, -0.25) is 0 Å². The van der Waals surface area contributed by atoms with Gasteiger partial charge >= 0.3 is 0 Å². The Balaban J connectivity index is 2.62. The van der Waals surface area contributed by atoms with Crippen molar-refractivity contribution in [3.8, 4) is 0 Å². The van der Waals surface area contributed by atoms with E-state index in [-0.39, 0.29) is 5.25 Å². The van der Waals surface area contributed by atoms with Gasteiger partial charge in [-0.2, -0.15) is 23.5 Å². The van der Waals surface area contributed by atoms with Crippen LogP contribution in [0.2, 0.25) is 0 Å². The van der Waals surface area contributed by atoms with Gasteiger partial charge in [-0.15, -0.1) is 0 Å². The van der Waals surface area contributed by atoms with E-state index in [0.717, 1.165) is 17.9 Å². The molecule has 0 spiro atoms. The summed E-state index contributed by atoms with van der Waals surface area (Å²) in [5, 5.41) is 20.5. The topological polar surface area (TPSA) is 92.5 Å². The first-order chi connectivity index (χ1) is 10.9. The van der Waals surface area contributed by atoms with E-state index in [0.29, 0.717) is 12.8 Å². The van der Waals surface area contributed by atoms with E-state index in [4.69, 9.17) is 11.5 Å². The largest absolute Gasteiger partial charge is 0.390 e. The van der Waals surface area contributed by atoms with Gasteiger partial charge in [-0.1, -0.05) is 43.7 Å². The van der Waals surface area contributed by atoms with Crippen LogP contribution >= 0.6 is 23.5 Å². The highest BCUT2D eigenvalue weighted by Gasteiger charge is 2.36. The summed E-state index contributed by atoms with van der Waals surface area (Å²) in [5.41, 5.74) is 12.3. The molecule has 0 saturated carbocycles.